The number of benzene rings is 2. The Balaban J connectivity index is 1.70. The standard InChI is InChI=1S/C19H26N4/c1-23(2)18-10-8-17(9-11-18)13-15-22-19(20)21-14-12-16-6-4-3-5-7-16/h3-11H,12-15H2,1-2H3,(H3,20,21,22). The molecular formula is C19H26N4. The van der Waals surface area contributed by atoms with Gasteiger partial charge in [-0.2, -0.15) is 0 Å². The van der Waals surface area contributed by atoms with E-state index in [0.717, 1.165) is 19.4 Å². The molecule has 122 valence electrons. The molecule has 0 unspecified atom stereocenters. The smallest absolute Gasteiger partial charge is 0.188 e. The van der Waals surface area contributed by atoms with Gasteiger partial charge in [-0.05, 0) is 36.1 Å². The van der Waals surface area contributed by atoms with Gasteiger partial charge in [-0.25, -0.2) is 0 Å². The summed E-state index contributed by atoms with van der Waals surface area (Å²) in [5.41, 5.74) is 9.68. The zero-order chi connectivity index (χ0) is 16.5. The van der Waals surface area contributed by atoms with Crippen LogP contribution in [-0.4, -0.2) is 33.1 Å². The highest BCUT2D eigenvalue weighted by atomic mass is 15.1. The lowest BCUT2D eigenvalue weighted by molar-refractivity contribution is 0.844. The molecule has 0 radical (unpaired) electrons. The SMILES string of the molecule is CN(C)c1ccc(CCN=C(N)NCCc2ccccc2)cc1. The van der Waals surface area contributed by atoms with Crippen molar-refractivity contribution >= 4 is 11.6 Å². The quantitative estimate of drug-likeness (QED) is 0.610. The van der Waals surface area contributed by atoms with Crippen LogP contribution in [0.4, 0.5) is 5.69 Å². The summed E-state index contributed by atoms with van der Waals surface area (Å²) < 4.78 is 0. The highest BCUT2D eigenvalue weighted by molar-refractivity contribution is 5.77. The Labute approximate surface area is 139 Å². The van der Waals surface area contributed by atoms with Crippen LogP contribution in [0.15, 0.2) is 59.6 Å². The van der Waals surface area contributed by atoms with Gasteiger partial charge in [0.05, 0.1) is 0 Å². The molecular weight excluding hydrogens is 284 g/mol. The number of nitrogens with one attached hydrogen (secondary N) is 1. The Hall–Kier alpha value is -2.49. The number of hydrogen-bond acceptors (Lipinski definition) is 2. The second-order valence-corrected chi connectivity index (χ2v) is 5.74. The molecule has 23 heavy (non-hydrogen) atoms. The molecule has 4 heteroatoms. The summed E-state index contributed by atoms with van der Waals surface area (Å²) in [7, 11) is 4.09. The number of nitrogens with zero attached hydrogens (tertiary/aromatic N) is 2. The monoisotopic (exact) mass is 310 g/mol. The molecule has 0 fully saturated rings. The van der Waals surface area contributed by atoms with Crippen LogP contribution in [0, 0.1) is 0 Å². The van der Waals surface area contributed by atoms with Crippen molar-refractivity contribution < 1.29 is 0 Å². The van der Waals surface area contributed by atoms with E-state index in [2.05, 4.69) is 51.6 Å². The van der Waals surface area contributed by atoms with E-state index >= 15 is 0 Å². The maximum atomic E-state index is 5.90. The minimum Gasteiger partial charge on any atom is -0.378 e. The van der Waals surface area contributed by atoms with Gasteiger partial charge in [-0.3, -0.25) is 4.99 Å². The Morgan fingerprint density at radius 2 is 1.61 bits per heavy atom. The normalized spacial score (nSPS) is 11.3. The van der Waals surface area contributed by atoms with Crippen molar-refractivity contribution in [1.82, 2.24) is 5.32 Å². The molecule has 2 aromatic carbocycles. The van der Waals surface area contributed by atoms with Gasteiger partial charge in [0.25, 0.3) is 0 Å². The molecule has 0 saturated carbocycles. The molecule has 3 N–H and O–H groups in total. The average Bonchev–Trinajstić information content (AvgIpc) is 2.56. The number of anilines is 1. The van der Waals surface area contributed by atoms with Gasteiger partial charge in [-0.1, -0.05) is 42.5 Å². The predicted molar refractivity (Wildman–Crippen MR) is 99.1 cm³/mol. The molecule has 0 aliphatic heterocycles. The van der Waals surface area contributed by atoms with Gasteiger partial charge >= 0.3 is 0 Å². The van der Waals surface area contributed by atoms with Gasteiger partial charge in [0.2, 0.25) is 0 Å². The highest BCUT2D eigenvalue weighted by Crippen LogP contribution is 2.12. The minimum atomic E-state index is 0.519. The molecule has 0 amide bonds. The maximum absolute atomic E-state index is 5.90. The Morgan fingerprint density at radius 1 is 0.957 bits per heavy atom. The van der Waals surface area contributed by atoms with E-state index in [1.807, 2.05) is 32.3 Å². The molecule has 0 heterocycles. The van der Waals surface area contributed by atoms with Crippen LogP contribution in [-0.2, 0) is 12.8 Å². The number of aliphatic imine (C=N–C) groups is 1. The second kappa shape index (κ2) is 8.83. The fourth-order valence-electron chi connectivity index (χ4n) is 2.30. The van der Waals surface area contributed by atoms with Crippen LogP contribution in [0.3, 0.4) is 0 Å². The van der Waals surface area contributed by atoms with Crippen LogP contribution in [0.2, 0.25) is 0 Å². The van der Waals surface area contributed by atoms with E-state index in [0.29, 0.717) is 12.5 Å². The zero-order valence-corrected chi connectivity index (χ0v) is 14.0. The summed E-state index contributed by atoms with van der Waals surface area (Å²) in [4.78, 5) is 6.47. The van der Waals surface area contributed by atoms with Gasteiger partial charge < -0.3 is 16.0 Å². The summed E-state index contributed by atoms with van der Waals surface area (Å²) in [5.74, 6) is 0.519. The molecule has 0 spiro atoms. The van der Waals surface area contributed by atoms with Crippen molar-refractivity contribution in [3.8, 4) is 0 Å². The second-order valence-electron chi connectivity index (χ2n) is 5.74. The van der Waals surface area contributed by atoms with E-state index in [9.17, 15) is 0 Å². The van der Waals surface area contributed by atoms with Crippen LogP contribution < -0.4 is 16.0 Å². The van der Waals surface area contributed by atoms with Crippen molar-refractivity contribution in [2.24, 2.45) is 10.7 Å². The largest absolute Gasteiger partial charge is 0.378 e. The van der Waals surface area contributed by atoms with E-state index in [4.69, 9.17) is 5.73 Å². The Bertz CT molecular complexity index is 603. The first-order valence-electron chi connectivity index (χ1n) is 7.99. The van der Waals surface area contributed by atoms with Crippen LogP contribution >= 0.6 is 0 Å². The molecule has 2 aromatic rings. The first kappa shape index (κ1) is 16.9. The predicted octanol–water partition coefficient (Wildman–Crippen LogP) is 2.44. The molecule has 0 aromatic heterocycles. The average molecular weight is 310 g/mol. The van der Waals surface area contributed by atoms with E-state index in [1.165, 1.54) is 16.8 Å². The fourth-order valence-corrected chi connectivity index (χ4v) is 2.30. The van der Waals surface area contributed by atoms with Gasteiger partial charge in [0, 0.05) is 32.9 Å². The number of rotatable bonds is 7. The molecule has 2 rings (SSSR count). The van der Waals surface area contributed by atoms with Crippen LogP contribution in [0.5, 0.6) is 0 Å². The molecule has 0 atom stereocenters. The molecule has 0 bridgehead atoms. The number of hydrogen-bond donors (Lipinski definition) is 2. The third-order valence-corrected chi connectivity index (χ3v) is 3.70. The first-order valence-corrected chi connectivity index (χ1v) is 7.99. The minimum absolute atomic E-state index is 0.519. The molecule has 0 saturated heterocycles. The topological polar surface area (TPSA) is 53.6 Å². The molecule has 0 aliphatic rings. The van der Waals surface area contributed by atoms with Crippen molar-refractivity contribution in [3.05, 3.63) is 65.7 Å². The zero-order valence-electron chi connectivity index (χ0n) is 14.0. The van der Waals surface area contributed by atoms with Crippen molar-refractivity contribution in [1.29, 1.82) is 0 Å². The van der Waals surface area contributed by atoms with Crippen molar-refractivity contribution in [2.75, 3.05) is 32.1 Å². The lowest BCUT2D eigenvalue weighted by Gasteiger charge is -2.12. The molecule has 4 nitrogen and oxygen atoms in total. The van der Waals surface area contributed by atoms with E-state index < -0.39 is 0 Å². The third kappa shape index (κ3) is 6.02. The first-order chi connectivity index (χ1) is 11.1. The fraction of sp³-hybridized carbons (Fsp3) is 0.316. The summed E-state index contributed by atoms with van der Waals surface area (Å²) in [6.45, 7) is 1.50. The van der Waals surface area contributed by atoms with Crippen molar-refractivity contribution in [2.45, 2.75) is 12.8 Å². The summed E-state index contributed by atoms with van der Waals surface area (Å²) in [5, 5.41) is 3.16. The Kier molecular flexibility index (Phi) is 6.48. The van der Waals surface area contributed by atoms with Gasteiger partial charge in [0.15, 0.2) is 5.96 Å². The molecule has 0 aliphatic carbocycles. The summed E-state index contributed by atoms with van der Waals surface area (Å²) >= 11 is 0. The van der Waals surface area contributed by atoms with Crippen LogP contribution in [0.25, 0.3) is 0 Å². The summed E-state index contributed by atoms with van der Waals surface area (Å²) in [6.07, 6.45) is 1.85. The van der Waals surface area contributed by atoms with Gasteiger partial charge in [0.1, 0.15) is 0 Å². The number of nitrogens with two attached hydrogens (primary N) is 1. The van der Waals surface area contributed by atoms with Crippen LogP contribution in [0.1, 0.15) is 11.1 Å². The van der Waals surface area contributed by atoms with Crippen molar-refractivity contribution in [3.63, 3.8) is 0 Å². The van der Waals surface area contributed by atoms with E-state index in [-0.39, 0.29) is 0 Å². The Morgan fingerprint density at radius 3 is 2.26 bits per heavy atom. The number of guanidine groups is 1. The van der Waals surface area contributed by atoms with E-state index in [1.54, 1.807) is 0 Å². The highest BCUT2D eigenvalue weighted by Gasteiger charge is 1.97. The lowest BCUT2D eigenvalue weighted by Crippen LogP contribution is -2.33. The summed E-state index contributed by atoms with van der Waals surface area (Å²) in [6, 6.07) is 18.9. The lowest BCUT2D eigenvalue weighted by atomic mass is 10.1. The maximum Gasteiger partial charge on any atom is 0.188 e. The third-order valence-electron chi connectivity index (χ3n) is 3.70. The van der Waals surface area contributed by atoms with Gasteiger partial charge in [-0.15, -0.1) is 0 Å².